The Morgan fingerprint density at radius 1 is 1.17 bits per heavy atom. The summed E-state index contributed by atoms with van der Waals surface area (Å²) in [7, 11) is 0. The molecule has 0 unspecified atom stereocenters. The molecule has 1 heterocycles. The fraction of sp³-hybridized carbons (Fsp3) is 0.312. The van der Waals surface area contributed by atoms with Crippen molar-refractivity contribution < 1.29 is 9.53 Å². The van der Waals surface area contributed by atoms with Gasteiger partial charge in [0.2, 0.25) is 0 Å². The number of benzene rings is 1. The summed E-state index contributed by atoms with van der Waals surface area (Å²) in [6, 6.07) is 8.31. The number of nitrogens with zero attached hydrogens (tertiary/aromatic N) is 3. The highest BCUT2D eigenvalue weighted by Gasteiger charge is 2.09. The molecule has 0 fully saturated rings. The maximum atomic E-state index is 11.9. The number of hydrogen-bond donors (Lipinski definition) is 1. The fourth-order valence-corrected chi connectivity index (χ4v) is 2.49. The van der Waals surface area contributed by atoms with Crippen LogP contribution >= 0.6 is 23.2 Å². The topological polar surface area (TPSA) is 67.4 Å². The summed E-state index contributed by atoms with van der Waals surface area (Å²) in [4.78, 5) is 14.0. The van der Waals surface area contributed by atoms with Crippen LogP contribution in [0.5, 0.6) is 5.75 Å². The Morgan fingerprint density at radius 2 is 1.92 bits per heavy atom. The number of ether oxygens (including phenoxy) is 1. The molecule has 8 heteroatoms. The number of carbonyl (C=O) groups is 1. The predicted molar refractivity (Wildman–Crippen MR) is 96.2 cm³/mol. The molecule has 128 valence electrons. The average Bonchev–Trinajstić information content (AvgIpc) is 2.56. The van der Waals surface area contributed by atoms with E-state index in [2.05, 4.69) is 20.4 Å². The number of aromatic nitrogens is 2. The van der Waals surface area contributed by atoms with E-state index in [4.69, 9.17) is 27.9 Å². The molecular formula is C16H18Cl2N4O2. The maximum absolute atomic E-state index is 11.9. The number of amides is 1. The van der Waals surface area contributed by atoms with E-state index in [0.717, 1.165) is 18.9 Å². The molecule has 6 nitrogen and oxygen atoms in total. The average molecular weight is 369 g/mol. The number of anilines is 2. The molecule has 0 aliphatic heterocycles. The molecule has 24 heavy (non-hydrogen) atoms. The first-order valence-electron chi connectivity index (χ1n) is 7.49. The molecule has 0 radical (unpaired) electrons. The monoisotopic (exact) mass is 368 g/mol. The van der Waals surface area contributed by atoms with Crippen molar-refractivity contribution in [2.75, 3.05) is 29.9 Å². The van der Waals surface area contributed by atoms with Crippen molar-refractivity contribution in [3.05, 3.63) is 40.4 Å². The molecule has 1 aromatic heterocycles. The minimum atomic E-state index is -0.356. The quantitative estimate of drug-likeness (QED) is 0.807. The molecule has 0 atom stereocenters. The van der Waals surface area contributed by atoms with Crippen molar-refractivity contribution in [2.45, 2.75) is 13.8 Å². The van der Waals surface area contributed by atoms with Gasteiger partial charge in [-0.2, -0.15) is 0 Å². The van der Waals surface area contributed by atoms with Crippen LogP contribution in [-0.2, 0) is 4.79 Å². The van der Waals surface area contributed by atoms with Crippen molar-refractivity contribution in [2.24, 2.45) is 0 Å². The van der Waals surface area contributed by atoms with Crippen LogP contribution in [0.4, 0.5) is 11.6 Å². The third kappa shape index (κ3) is 4.97. The Kier molecular flexibility index (Phi) is 6.63. The number of nitrogens with one attached hydrogen (secondary N) is 1. The Morgan fingerprint density at radius 3 is 2.50 bits per heavy atom. The first kappa shape index (κ1) is 18.3. The van der Waals surface area contributed by atoms with Gasteiger partial charge in [-0.25, -0.2) is 0 Å². The molecule has 1 aromatic carbocycles. The van der Waals surface area contributed by atoms with Crippen LogP contribution in [0, 0.1) is 0 Å². The summed E-state index contributed by atoms with van der Waals surface area (Å²) in [5, 5.41) is 11.6. The number of rotatable bonds is 7. The van der Waals surface area contributed by atoms with Crippen molar-refractivity contribution in [3.8, 4) is 5.75 Å². The summed E-state index contributed by atoms with van der Waals surface area (Å²) < 4.78 is 5.36. The van der Waals surface area contributed by atoms with Gasteiger partial charge < -0.3 is 15.0 Å². The first-order chi connectivity index (χ1) is 11.5. The van der Waals surface area contributed by atoms with E-state index in [-0.39, 0.29) is 12.5 Å². The third-order valence-electron chi connectivity index (χ3n) is 3.26. The molecule has 1 N–H and O–H groups in total. The van der Waals surface area contributed by atoms with Gasteiger partial charge in [0.15, 0.2) is 18.2 Å². The lowest BCUT2D eigenvalue weighted by atomic mass is 10.3. The molecule has 1 amide bonds. The highest BCUT2D eigenvalue weighted by atomic mass is 35.5. The van der Waals surface area contributed by atoms with Crippen molar-refractivity contribution in [1.29, 1.82) is 0 Å². The largest absolute Gasteiger partial charge is 0.482 e. The smallest absolute Gasteiger partial charge is 0.263 e. The second-order valence-corrected chi connectivity index (χ2v) is 5.70. The van der Waals surface area contributed by atoms with Crippen LogP contribution in [0.15, 0.2) is 30.3 Å². The summed E-state index contributed by atoms with van der Waals surface area (Å²) in [5.41, 5.74) is 0. The standard InChI is InChI=1S/C16H18Cl2N4O2/c1-3-22(4-2)15-8-7-14(20-21-15)19-16(23)10-24-13-6-5-11(17)9-12(13)18/h5-9H,3-4,10H2,1-2H3,(H,19,20,23). The van der Waals surface area contributed by atoms with Gasteiger partial charge in [-0.15, -0.1) is 10.2 Å². The molecule has 0 saturated heterocycles. The van der Waals surface area contributed by atoms with E-state index in [1.54, 1.807) is 24.3 Å². The lowest BCUT2D eigenvalue weighted by Crippen LogP contribution is -2.24. The van der Waals surface area contributed by atoms with Gasteiger partial charge in [-0.1, -0.05) is 23.2 Å². The van der Waals surface area contributed by atoms with E-state index >= 15 is 0 Å². The maximum Gasteiger partial charge on any atom is 0.263 e. The van der Waals surface area contributed by atoms with Gasteiger partial charge in [0.25, 0.3) is 5.91 Å². The van der Waals surface area contributed by atoms with E-state index in [0.29, 0.717) is 21.6 Å². The fourth-order valence-electron chi connectivity index (χ4n) is 2.02. The predicted octanol–water partition coefficient (Wildman–Crippen LogP) is 3.65. The van der Waals surface area contributed by atoms with Crippen LogP contribution in [0.3, 0.4) is 0 Å². The zero-order valence-electron chi connectivity index (χ0n) is 13.4. The number of carbonyl (C=O) groups excluding carboxylic acids is 1. The summed E-state index contributed by atoms with van der Waals surface area (Å²) >= 11 is 11.8. The summed E-state index contributed by atoms with van der Waals surface area (Å²) in [6.45, 7) is 5.57. The zero-order valence-corrected chi connectivity index (χ0v) is 14.9. The first-order valence-corrected chi connectivity index (χ1v) is 8.25. The van der Waals surface area contributed by atoms with Gasteiger partial charge in [0, 0.05) is 18.1 Å². The lowest BCUT2D eigenvalue weighted by molar-refractivity contribution is -0.118. The van der Waals surface area contributed by atoms with Crippen LogP contribution < -0.4 is 15.0 Å². The summed E-state index contributed by atoms with van der Waals surface area (Å²) in [6.07, 6.45) is 0. The molecule has 0 aliphatic carbocycles. The SMILES string of the molecule is CCN(CC)c1ccc(NC(=O)COc2ccc(Cl)cc2Cl)nn1. The second kappa shape index (κ2) is 8.70. The molecule has 0 spiro atoms. The Bertz CT molecular complexity index is 691. The van der Waals surface area contributed by atoms with E-state index < -0.39 is 0 Å². The molecule has 2 rings (SSSR count). The normalized spacial score (nSPS) is 10.3. The van der Waals surface area contributed by atoms with Crippen molar-refractivity contribution in [3.63, 3.8) is 0 Å². The van der Waals surface area contributed by atoms with Gasteiger partial charge >= 0.3 is 0 Å². The molecular weight excluding hydrogens is 351 g/mol. The molecule has 2 aromatic rings. The number of hydrogen-bond acceptors (Lipinski definition) is 5. The number of halogens is 2. The van der Waals surface area contributed by atoms with E-state index in [1.807, 2.05) is 19.9 Å². The van der Waals surface area contributed by atoms with E-state index in [9.17, 15) is 4.79 Å². The Labute approximate surface area is 150 Å². The van der Waals surface area contributed by atoms with Crippen LogP contribution in [0.1, 0.15) is 13.8 Å². The summed E-state index contributed by atoms with van der Waals surface area (Å²) in [5.74, 6) is 1.16. The van der Waals surface area contributed by atoms with Gasteiger partial charge in [-0.3, -0.25) is 4.79 Å². The van der Waals surface area contributed by atoms with Crippen molar-refractivity contribution >= 4 is 40.7 Å². The second-order valence-electron chi connectivity index (χ2n) is 4.86. The van der Waals surface area contributed by atoms with Crippen LogP contribution in [0.25, 0.3) is 0 Å². The van der Waals surface area contributed by atoms with Gasteiger partial charge in [0.05, 0.1) is 5.02 Å². The van der Waals surface area contributed by atoms with Crippen LogP contribution in [-0.4, -0.2) is 35.8 Å². The lowest BCUT2D eigenvalue weighted by Gasteiger charge is -2.18. The minimum absolute atomic E-state index is 0.194. The Hall–Kier alpha value is -2.05. The minimum Gasteiger partial charge on any atom is -0.482 e. The Balaban J connectivity index is 1.90. The highest BCUT2D eigenvalue weighted by Crippen LogP contribution is 2.27. The zero-order chi connectivity index (χ0) is 17.5. The molecule has 0 aliphatic rings. The van der Waals surface area contributed by atoms with Crippen molar-refractivity contribution in [1.82, 2.24) is 10.2 Å². The van der Waals surface area contributed by atoms with Crippen LogP contribution in [0.2, 0.25) is 10.0 Å². The molecule has 0 saturated carbocycles. The van der Waals surface area contributed by atoms with Gasteiger partial charge in [0.1, 0.15) is 5.75 Å². The third-order valence-corrected chi connectivity index (χ3v) is 3.79. The van der Waals surface area contributed by atoms with Gasteiger partial charge in [-0.05, 0) is 44.2 Å². The van der Waals surface area contributed by atoms with E-state index in [1.165, 1.54) is 0 Å². The molecule has 0 bridgehead atoms. The highest BCUT2D eigenvalue weighted by molar-refractivity contribution is 6.35.